The Morgan fingerprint density at radius 1 is 0.973 bits per heavy atom. The lowest BCUT2D eigenvalue weighted by molar-refractivity contribution is -0.120. The molecule has 0 bridgehead atoms. The summed E-state index contributed by atoms with van der Waals surface area (Å²) in [4.78, 5) is 29.6. The number of ketones is 1. The van der Waals surface area contributed by atoms with E-state index in [4.69, 9.17) is 4.42 Å². The van der Waals surface area contributed by atoms with Crippen molar-refractivity contribution in [3.8, 4) is 0 Å². The maximum atomic E-state index is 12.9. The predicted octanol–water partition coefficient (Wildman–Crippen LogP) is 6.69. The summed E-state index contributed by atoms with van der Waals surface area (Å²) >= 11 is 1.39. The van der Waals surface area contributed by atoms with Crippen LogP contribution in [0.3, 0.4) is 0 Å². The highest BCUT2D eigenvalue weighted by molar-refractivity contribution is 7.13. The summed E-state index contributed by atoms with van der Waals surface area (Å²) in [6.45, 7) is 5.66. The second kappa shape index (κ2) is 13.0. The number of halogens is 3. The number of thiophene rings is 1. The van der Waals surface area contributed by atoms with Gasteiger partial charge in [0, 0.05) is 24.8 Å². The van der Waals surface area contributed by atoms with Gasteiger partial charge in [0.15, 0.2) is 17.5 Å². The van der Waals surface area contributed by atoms with Crippen molar-refractivity contribution in [2.45, 2.75) is 46.1 Å². The Labute approximate surface area is 217 Å². The standard InChI is InChI=1S/C15H16FNO2.C13H11F2NOS/c1-10(14-9-19-11(2)17-14)15(18)8-5-12-3-6-13(16)7-4-12;1-8-2-5-12(18-8)13(17)16-7-9-3-4-10(14)11(15)6-9/h3-4,6-7,9-10H,5,8H2,1-2H3;2-6H,7H2,1H3,(H,16,17). The van der Waals surface area contributed by atoms with Gasteiger partial charge in [-0.25, -0.2) is 18.2 Å². The average molecular weight is 529 g/mol. The summed E-state index contributed by atoms with van der Waals surface area (Å²) in [7, 11) is 0. The number of hydrogen-bond donors (Lipinski definition) is 1. The van der Waals surface area contributed by atoms with E-state index in [1.165, 1.54) is 35.8 Å². The highest BCUT2D eigenvalue weighted by Gasteiger charge is 2.18. The minimum Gasteiger partial charge on any atom is -0.449 e. The van der Waals surface area contributed by atoms with Gasteiger partial charge in [-0.1, -0.05) is 18.2 Å². The van der Waals surface area contributed by atoms with Crippen molar-refractivity contribution in [2.75, 3.05) is 0 Å². The van der Waals surface area contributed by atoms with E-state index in [9.17, 15) is 22.8 Å². The van der Waals surface area contributed by atoms with Crippen molar-refractivity contribution in [1.29, 1.82) is 0 Å². The Balaban J connectivity index is 0.000000206. The van der Waals surface area contributed by atoms with Crippen molar-refractivity contribution in [1.82, 2.24) is 10.3 Å². The van der Waals surface area contributed by atoms with Crippen LogP contribution in [0.1, 0.15) is 56.5 Å². The molecule has 0 aliphatic carbocycles. The Hall–Kier alpha value is -3.72. The van der Waals surface area contributed by atoms with Gasteiger partial charge in [0.1, 0.15) is 17.9 Å². The zero-order valence-corrected chi connectivity index (χ0v) is 21.5. The number of Topliss-reactive ketones (excluding diaryl/α,β-unsaturated/α-hetero) is 1. The summed E-state index contributed by atoms with van der Waals surface area (Å²) < 4.78 is 43.5. The third-order valence-corrected chi connectivity index (χ3v) is 6.54. The van der Waals surface area contributed by atoms with E-state index in [0.29, 0.717) is 34.9 Å². The second-order valence-electron chi connectivity index (χ2n) is 8.45. The zero-order chi connectivity index (χ0) is 26.9. The van der Waals surface area contributed by atoms with Gasteiger partial charge in [0.05, 0.1) is 16.5 Å². The summed E-state index contributed by atoms with van der Waals surface area (Å²) in [6.07, 6.45) is 2.55. The maximum Gasteiger partial charge on any atom is 0.261 e. The lowest BCUT2D eigenvalue weighted by Crippen LogP contribution is -2.21. The first-order valence-corrected chi connectivity index (χ1v) is 12.4. The smallest absolute Gasteiger partial charge is 0.261 e. The van der Waals surface area contributed by atoms with E-state index in [1.54, 1.807) is 25.1 Å². The van der Waals surface area contributed by atoms with Crippen LogP contribution in [-0.4, -0.2) is 16.7 Å². The minimum atomic E-state index is -0.909. The van der Waals surface area contributed by atoms with Crippen LogP contribution >= 0.6 is 11.3 Å². The van der Waals surface area contributed by atoms with E-state index in [0.717, 1.165) is 22.6 Å². The Kier molecular flexibility index (Phi) is 9.79. The van der Waals surface area contributed by atoms with Crippen LogP contribution in [0.4, 0.5) is 13.2 Å². The lowest BCUT2D eigenvalue weighted by atomic mass is 9.97. The van der Waals surface area contributed by atoms with E-state index >= 15 is 0 Å². The molecule has 2 aromatic heterocycles. The van der Waals surface area contributed by atoms with Crippen LogP contribution in [-0.2, 0) is 17.8 Å². The molecule has 0 radical (unpaired) electrons. The molecule has 0 fully saturated rings. The predicted molar refractivity (Wildman–Crippen MR) is 136 cm³/mol. The van der Waals surface area contributed by atoms with Crippen molar-refractivity contribution < 1.29 is 27.2 Å². The lowest BCUT2D eigenvalue weighted by Gasteiger charge is -2.07. The van der Waals surface area contributed by atoms with Crippen molar-refractivity contribution in [2.24, 2.45) is 0 Å². The zero-order valence-electron chi connectivity index (χ0n) is 20.7. The fourth-order valence-corrected chi connectivity index (χ4v) is 4.14. The Morgan fingerprint density at radius 2 is 1.68 bits per heavy atom. The molecule has 0 saturated heterocycles. The topological polar surface area (TPSA) is 72.2 Å². The molecule has 0 aliphatic rings. The van der Waals surface area contributed by atoms with Gasteiger partial charge in [-0.05, 0) is 67.8 Å². The van der Waals surface area contributed by atoms with Crippen LogP contribution in [0.5, 0.6) is 0 Å². The molecule has 9 heteroatoms. The summed E-state index contributed by atoms with van der Waals surface area (Å²) in [5.74, 6) is -1.87. The van der Waals surface area contributed by atoms with Crippen molar-refractivity contribution in [3.63, 3.8) is 0 Å². The minimum absolute atomic E-state index is 0.109. The molecule has 1 N–H and O–H groups in total. The molecule has 4 aromatic rings. The SMILES string of the molecule is Cc1ccc(C(=O)NCc2ccc(F)c(F)c2)s1.Cc1nc(C(C)C(=O)CCc2ccc(F)cc2)co1. The number of rotatable bonds is 8. The number of carbonyl (C=O) groups excluding carboxylic acids is 2. The molecular weight excluding hydrogens is 501 g/mol. The number of benzene rings is 2. The van der Waals surface area contributed by atoms with Gasteiger partial charge in [-0.2, -0.15) is 0 Å². The van der Waals surface area contributed by atoms with Gasteiger partial charge < -0.3 is 9.73 Å². The number of nitrogens with one attached hydrogen (secondary N) is 1. The number of hydrogen-bond acceptors (Lipinski definition) is 5. The highest BCUT2D eigenvalue weighted by Crippen LogP contribution is 2.18. The number of carbonyl (C=O) groups is 2. The van der Waals surface area contributed by atoms with Crippen LogP contribution in [0.15, 0.2) is 65.3 Å². The number of aryl methyl sites for hydroxylation is 3. The fraction of sp³-hybridized carbons (Fsp3) is 0.250. The third kappa shape index (κ3) is 8.42. The average Bonchev–Trinajstić information content (AvgIpc) is 3.52. The van der Waals surface area contributed by atoms with Crippen molar-refractivity contribution >= 4 is 23.0 Å². The third-order valence-electron chi connectivity index (χ3n) is 5.54. The van der Waals surface area contributed by atoms with Crippen LogP contribution < -0.4 is 5.32 Å². The largest absolute Gasteiger partial charge is 0.449 e. The van der Waals surface area contributed by atoms with Crippen LogP contribution in [0.25, 0.3) is 0 Å². The van der Waals surface area contributed by atoms with Gasteiger partial charge in [-0.15, -0.1) is 11.3 Å². The number of amides is 1. The van der Waals surface area contributed by atoms with Gasteiger partial charge >= 0.3 is 0 Å². The Bertz CT molecular complexity index is 1350. The molecule has 1 unspecified atom stereocenters. The molecule has 4 rings (SSSR count). The summed E-state index contributed by atoms with van der Waals surface area (Å²) in [5.41, 5.74) is 2.15. The number of aromatic nitrogens is 1. The molecule has 5 nitrogen and oxygen atoms in total. The van der Waals surface area contributed by atoms with E-state index < -0.39 is 11.6 Å². The molecule has 2 aromatic carbocycles. The van der Waals surface area contributed by atoms with Crippen LogP contribution in [0.2, 0.25) is 0 Å². The molecule has 2 heterocycles. The molecule has 1 amide bonds. The van der Waals surface area contributed by atoms with Gasteiger partial charge in [-0.3, -0.25) is 9.59 Å². The molecule has 37 heavy (non-hydrogen) atoms. The van der Waals surface area contributed by atoms with E-state index in [-0.39, 0.29) is 30.0 Å². The first kappa shape index (κ1) is 27.9. The van der Waals surface area contributed by atoms with Crippen LogP contribution in [0, 0.1) is 31.3 Å². The first-order chi connectivity index (χ1) is 17.6. The number of oxazole rings is 1. The molecule has 1 atom stereocenters. The second-order valence-corrected chi connectivity index (χ2v) is 9.74. The fourth-order valence-electron chi connectivity index (χ4n) is 3.35. The summed E-state index contributed by atoms with van der Waals surface area (Å²) in [6, 6.07) is 13.4. The molecule has 0 aliphatic heterocycles. The quantitative estimate of drug-likeness (QED) is 0.277. The highest BCUT2D eigenvalue weighted by atomic mass is 32.1. The normalized spacial score (nSPS) is 11.4. The van der Waals surface area contributed by atoms with E-state index in [1.807, 2.05) is 19.9 Å². The number of nitrogens with zero attached hydrogens (tertiary/aromatic N) is 1. The first-order valence-electron chi connectivity index (χ1n) is 11.6. The monoisotopic (exact) mass is 528 g/mol. The van der Waals surface area contributed by atoms with Gasteiger partial charge in [0.25, 0.3) is 5.91 Å². The Morgan fingerprint density at radius 3 is 2.27 bits per heavy atom. The molecular formula is C28H27F3N2O3S. The van der Waals surface area contributed by atoms with Crippen molar-refractivity contribution in [3.05, 3.63) is 111 Å². The van der Waals surface area contributed by atoms with Gasteiger partial charge in [0.2, 0.25) is 0 Å². The van der Waals surface area contributed by atoms with E-state index in [2.05, 4.69) is 10.3 Å². The molecule has 0 saturated carbocycles. The molecule has 0 spiro atoms. The molecule has 194 valence electrons. The maximum absolute atomic E-state index is 12.9. The summed E-state index contributed by atoms with van der Waals surface area (Å²) in [5, 5.41) is 2.66.